The monoisotopic (exact) mass is 323 g/mol. The lowest BCUT2D eigenvalue weighted by Crippen LogP contribution is -2.67. The molecule has 0 spiro atoms. The highest BCUT2D eigenvalue weighted by Gasteiger charge is 2.62. The minimum absolute atomic E-state index is 0.00123. The molecule has 0 aliphatic carbocycles. The standard InChI is InChI=1S/C14H18ClN5O2/c1-13(2)12(20-3-5-22-6-4-20)19-10(15)9(7-16)14(13,8-17)11(18)21/h12,19H,3-6H2,1-2H3,(H2,18,21). The minimum Gasteiger partial charge on any atom is -0.379 e. The van der Waals surface area contributed by atoms with Crippen LogP contribution in [-0.4, -0.2) is 43.3 Å². The van der Waals surface area contributed by atoms with Crippen molar-refractivity contribution < 1.29 is 9.53 Å². The number of nitrogens with one attached hydrogen (secondary N) is 1. The summed E-state index contributed by atoms with van der Waals surface area (Å²) in [5, 5.41) is 22.2. The molecule has 0 saturated carbocycles. The van der Waals surface area contributed by atoms with Gasteiger partial charge in [-0.05, 0) is 0 Å². The van der Waals surface area contributed by atoms with E-state index in [2.05, 4.69) is 10.2 Å². The maximum atomic E-state index is 12.2. The fourth-order valence-corrected chi connectivity index (χ4v) is 3.56. The number of morpholine rings is 1. The summed E-state index contributed by atoms with van der Waals surface area (Å²) in [6, 6.07) is 3.84. The number of hydrogen-bond donors (Lipinski definition) is 2. The number of amides is 1. The summed E-state index contributed by atoms with van der Waals surface area (Å²) >= 11 is 6.16. The van der Waals surface area contributed by atoms with Crippen molar-refractivity contribution >= 4 is 17.5 Å². The number of carbonyl (C=O) groups excluding carboxylic acids is 1. The van der Waals surface area contributed by atoms with Gasteiger partial charge in [-0.25, -0.2) is 0 Å². The van der Waals surface area contributed by atoms with Crippen molar-refractivity contribution in [1.82, 2.24) is 10.2 Å². The topological polar surface area (TPSA) is 115 Å². The van der Waals surface area contributed by atoms with E-state index in [4.69, 9.17) is 22.1 Å². The molecule has 2 unspecified atom stereocenters. The van der Waals surface area contributed by atoms with Crippen LogP contribution in [0, 0.1) is 33.5 Å². The van der Waals surface area contributed by atoms with Gasteiger partial charge in [0.05, 0.1) is 31.0 Å². The van der Waals surface area contributed by atoms with Crippen LogP contribution in [0.25, 0.3) is 0 Å². The van der Waals surface area contributed by atoms with Crippen LogP contribution < -0.4 is 11.1 Å². The molecular formula is C14H18ClN5O2. The van der Waals surface area contributed by atoms with Gasteiger partial charge in [-0.15, -0.1) is 0 Å². The number of nitrogens with zero attached hydrogens (tertiary/aromatic N) is 3. The second-order valence-corrected chi connectivity index (χ2v) is 6.32. The van der Waals surface area contributed by atoms with E-state index >= 15 is 0 Å². The number of hydrogen-bond acceptors (Lipinski definition) is 6. The molecule has 22 heavy (non-hydrogen) atoms. The maximum Gasteiger partial charge on any atom is 0.244 e. The van der Waals surface area contributed by atoms with E-state index in [1.165, 1.54) is 0 Å². The van der Waals surface area contributed by atoms with Crippen LogP contribution in [0.2, 0.25) is 0 Å². The van der Waals surface area contributed by atoms with E-state index in [0.717, 1.165) is 0 Å². The van der Waals surface area contributed by atoms with Crippen molar-refractivity contribution in [2.24, 2.45) is 16.6 Å². The molecule has 2 rings (SSSR count). The first kappa shape index (κ1) is 16.6. The van der Waals surface area contributed by atoms with Crippen LogP contribution in [0.1, 0.15) is 13.8 Å². The van der Waals surface area contributed by atoms with Gasteiger partial charge in [0.2, 0.25) is 5.91 Å². The summed E-state index contributed by atoms with van der Waals surface area (Å²) in [7, 11) is 0. The lowest BCUT2D eigenvalue weighted by Gasteiger charge is -2.52. The number of carbonyl (C=O) groups is 1. The highest BCUT2D eigenvalue weighted by molar-refractivity contribution is 6.30. The molecular weight excluding hydrogens is 306 g/mol. The number of primary amides is 1. The molecule has 7 nitrogen and oxygen atoms in total. The third kappa shape index (κ3) is 2.14. The van der Waals surface area contributed by atoms with Crippen molar-refractivity contribution in [3.05, 3.63) is 10.7 Å². The molecule has 118 valence electrons. The van der Waals surface area contributed by atoms with E-state index in [0.29, 0.717) is 26.3 Å². The average Bonchev–Trinajstić information content (AvgIpc) is 2.49. The number of nitrogens with two attached hydrogens (primary N) is 1. The Balaban J connectivity index is 2.60. The molecule has 8 heteroatoms. The zero-order valence-corrected chi connectivity index (χ0v) is 13.3. The molecule has 0 aromatic carbocycles. The van der Waals surface area contributed by atoms with Crippen LogP contribution >= 0.6 is 11.6 Å². The number of nitriles is 2. The lowest BCUT2D eigenvalue weighted by atomic mass is 9.58. The summed E-state index contributed by atoms with van der Waals surface area (Å²) in [6.45, 7) is 5.86. The van der Waals surface area contributed by atoms with Crippen molar-refractivity contribution in [3.63, 3.8) is 0 Å². The SMILES string of the molecule is CC1(C)C(N2CCOCC2)NC(Cl)=C(C#N)C1(C#N)C(N)=O. The normalized spacial score (nSPS) is 31.8. The van der Waals surface area contributed by atoms with Crippen LogP contribution in [0.15, 0.2) is 10.7 Å². The zero-order valence-electron chi connectivity index (χ0n) is 12.5. The van der Waals surface area contributed by atoms with Gasteiger partial charge in [-0.2, -0.15) is 10.5 Å². The number of halogens is 1. The Morgan fingerprint density at radius 3 is 2.50 bits per heavy atom. The van der Waals surface area contributed by atoms with E-state index in [9.17, 15) is 15.3 Å². The predicted octanol–water partition coefficient (Wildman–Crippen LogP) is 0.243. The molecule has 1 fully saturated rings. The molecule has 0 aromatic heterocycles. The van der Waals surface area contributed by atoms with E-state index < -0.39 is 22.9 Å². The minimum atomic E-state index is -1.78. The Bertz CT molecular complexity index is 597. The van der Waals surface area contributed by atoms with Gasteiger partial charge in [0.25, 0.3) is 0 Å². The molecule has 2 aliphatic rings. The first-order valence-corrected chi connectivity index (χ1v) is 7.30. The van der Waals surface area contributed by atoms with Crippen molar-refractivity contribution in [2.45, 2.75) is 20.0 Å². The van der Waals surface area contributed by atoms with Crippen molar-refractivity contribution in [1.29, 1.82) is 10.5 Å². The van der Waals surface area contributed by atoms with Gasteiger partial charge < -0.3 is 15.8 Å². The van der Waals surface area contributed by atoms with E-state index in [1.807, 2.05) is 12.1 Å². The van der Waals surface area contributed by atoms with Gasteiger partial charge in [-0.3, -0.25) is 9.69 Å². The van der Waals surface area contributed by atoms with Gasteiger partial charge in [0.15, 0.2) is 5.41 Å². The molecule has 0 bridgehead atoms. The first-order chi connectivity index (χ1) is 10.3. The second-order valence-electron chi connectivity index (χ2n) is 5.94. The highest BCUT2D eigenvalue weighted by Crippen LogP contribution is 2.51. The van der Waals surface area contributed by atoms with Crippen molar-refractivity contribution in [2.75, 3.05) is 26.3 Å². The highest BCUT2D eigenvalue weighted by atomic mass is 35.5. The Hall–Kier alpha value is -1.80. The third-order valence-electron chi connectivity index (χ3n) is 4.57. The Labute approximate surface area is 134 Å². The molecule has 2 heterocycles. The third-order valence-corrected chi connectivity index (χ3v) is 4.87. The Kier molecular flexibility index (Phi) is 4.35. The molecule has 2 aliphatic heterocycles. The van der Waals surface area contributed by atoms with Crippen LogP contribution in [-0.2, 0) is 9.53 Å². The fraction of sp³-hybridized carbons (Fsp3) is 0.643. The molecule has 1 saturated heterocycles. The Morgan fingerprint density at radius 1 is 1.45 bits per heavy atom. The van der Waals surface area contributed by atoms with Crippen LogP contribution in [0.4, 0.5) is 0 Å². The Morgan fingerprint density at radius 2 is 2.05 bits per heavy atom. The predicted molar refractivity (Wildman–Crippen MR) is 78.8 cm³/mol. The quantitative estimate of drug-likeness (QED) is 0.703. The van der Waals surface area contributed by atoms with E-state index in [-0.39, 0.29) is 10.7 Å². The summed E-state index contributed by atoms with van der Waals surface area (Å²) in [6.07, 6.45) is -0.409. The summed E-state index contributed by atoms with van der Waals surface area (Å²) in [5.74, 6) is -0.866. The molecule has 0 radical (unpaired) electrons. The van der Waals surface area contributed by atoms with Crippen LogP contribution in [0.5, 0.6) is 0 Å². The zero-order chi connectivity index (χ0) is 16.5. The maximum absolute atomic E-state index is 12.2. The number of rotatable bonds is 2. The molecule has 3 N–H and O–H groups in total. The smallest absolute Gasteiger partial charge is 0.244 e. The molecule has 1 amide bonds. The lowest BCUT2D eigenvalue weighted by molar-refractivity contribution is -0.133. The van der Waals surface area contributed by atoms with Crippen LogP contribution in [0.3, 0.4) is 0 Å². The van der Waals surface area contributed by atoms with Gasteiger partial charge in [0, 0.05) is 18.5 Å². The second kappa shape index (κ2) is 5.77. The summed E-state index contributed by atoms with van der Waals surface area (Å²) in [5.41, 5.74) is 2.67. The molecule has 2 atom stereocenters. The van der Waals surface area contributed by atoms with E-state index in [1.54, 1.807) is 13.8 Å². The van der Waals surface area contributed by atoms with Crippen molar-refractivity contribution in [3.8, 4) is 12.1 Å². The summed E-state index contributed by atoms with van der Waals surface area (Å²) < 4.78 is 5.33. The largest absolute Gasteiger partial charge is 0.379 e. The average molecular weight is 324 g/mol. The van der Waals surface area contributed by atoms with Gasteiger partial charge >= 0.3 is 0 Å². The van der Waals surface area contributed by atoms with Gasteiger partial charge in [-0.1, -0.05) is 25.4 Å². The molecule has 0 aromatic rings. The number of ether oxygens (including phenoxy) is 1. The first-order valence-electron chi connectivity index (χ1n) is 6.92. The fourth-order valence-electron chi connectivity index (χ4n) is 3.28. The van der Waals surface area contributed by atoms with Gasteiger partial charge in [0.1, 0.15) is 11.2 Å². The summed E-state index contributed by atoms with van der Waals surface area (Å²) in [4.78, 5) is 14.2.